The van der Waals surface area contributed by atoms with Crippen molar-refractivity contribution in [2.75, 3.05) is 39.5 Å². The summed E-state index contributed by atoms with van der Waals surface area (Å²) in [5, 5.41) is 5.13. The molecule has 0 aliphatic carbocycles. The average molecular weight is 436 g/mol. The summed E-state index contributed by atoms with van der Waals surface area (Å²) < 4.78 is 11.5. The Bertz CT molecular complexity index is 720. The van der Waals surface area contributed by atoms with Crippen molar-refractivity contribution in [1.82, 2.24) is 15.1 Å². The summed E-state index contributed by atoms with van der Waals surface area (Å²) in [4.78, 5) is 31.1. The number of morpholine rings is 1. The number of likely N-dealkylation sites (tertiary alicyclic amines) is 1. The fraction of sp³-hybridized carbons (Fsp3) is 0.727. The highest BCUT2D eigenvalue weighted by Gasteiger charge is 2.51. The maximum absolute atomic E-state index is 12.9. The van der Waals surface area contributed by atoms with Crippen molar-refractivity contribution in [2.45, 2.75) is 51.4 Å². The van der Waals surface area contributed by atoms with E-state index in [1.165, 1.54) is 4.88 Å². The molecule has 0 aromatic carbocycles. The average Bonchev–Trinajstić information content (AvgIpc) is 3.43. The highest BCUT2D eigenvalue weighted by atomic mass is 32.1. The lowest BCUT2D eigenvalue weighted by Gasteiger charge is -2.29. The molecule has 7 nitrogen and oxygen atoms in total. The van der Waals surface area contributed by atoms with Crippen molar-refractivity contribution in [2.24, 2.45) is 11.8 Å². The van der Waals surface area contributed by atoms with E-state index in [1.54, 1.807) is 11.3 Å². The Kier molecular flexibility index (Phi) is 7.08. The van der Waals surface area contributed by atoms with E-state index in [9.17, 15) is 9.59 Å². The Hall–Kier alpha value is -1.48. The van der Waals surface area contributed by atoms with E-state index in [1.807, 2.05) is 18.7 Å². The van der Waals surface area contributed by atoms with Crippen LogP contribution < -0.4 is 5.32 Å². The van der Waals surface area contributed by atoms with Crippen LogP contribution in [0.25, 0.3) is 0 Å². The third-order valence-corrected chi connectivity index (χ3v) is 7.27. The number of carbonyl (C=O) groups excluding carboxylic acids is 2. The van der Waals surface area contributed by atoms with Crippen LogP contribution in [0, 0.1) is 11.8 Å². The molecule has 1 aromatic heterocycles. The van der Waals surface area contributed by atoms with Crippen molar-refractivity contribution in [1.29, 1.82) is 0 Å². The number of thiophene rings is 1. The molecule has 4 atom stereocenters. The molecule has 2 amide bonds. The smallest absolute Gasteiger partial charge is 0.225 e. The van der Waals surface area contributed by atoms with Crippen LogP contribution in [0.4, 0.5) is 0 Å². The van der Waals surface area contributed by atoms with Crippen molar-refractivity contribution >= 4 is 23.2 Å². The van der Waals surface area contributed by atoms with E-state index >= 15 is 0 Å². The molecule has 3 saturated heterocycles. The first kappa shape index (κ1) is 21.7. The first-order valence-corrected chi connectivity index (χ1v) is 11.9. The summed E-state index contributed by atoms with van der Waals surface area (Å²) in [5.41, 5.74) is 0. The number of fused-ring (bicyclic) bond motifs is 1. The molecule has 0 spiro atoms. The van der Waals surface area contributed by atoms with Crippen molar-refractivity contribution in [3.63, 3.8) is 0 Å². The molecule has 166 valence electrons. The van der Waals surface area contributed by atoms with E-state index in [0.717, 1.165) is 13.1 Å². The normalized spacial score (nSPS) is 29.4. The Morgan fingerprint density at radius 2 is 2.07 bits per heavy atom. The van der Waals surface area contributed by atoms with Crippen LogP contribution in [-0.2, 0) is 25.6 Å². The van der Waals surface area contributed by atoms with Crippen LogP contribution in [0.15, 0.2) is 17.5 Å². The summed E-state index contributed by atoms with van der Waals surface area (Å²) in [6, 6.07) is 4.64. The van der Waals surface area contributed by atoms with Gasteiger partial charge in [-0.05, 0) is 31.2 Å². The number of hydrogen-bond donors (Lipinski definition) is 1. The largest absolute Gasteiger partial charge is 0.378 e. The topological polar surface area (TPSA) is 71.1 Å². The number of ether oxygens (including phenoxy) is 2. The molecule has 4 heterocycles. The van der Waals surface area contributed by atoms with Crippen LogP contribution in [0.1, 0.15) is 31.6 Å². The second kappa shape index (κ2) is 9.77. The molecule has 1 aromatic rings. The number of hydrogen-bond acceptors (Lipinski definition) is 6. The van der Waals surface area contributed by atoms with Gasteiger partial charge in [0.15, 0.2) is 0 Å². The van der Waals surface area contributed by atoms with Gasteiger partial charge in [-0.3, -0.25) is 14.5 Å². The monoisotopic (exact) mass is 435 g/mol. The molecular formula is C22H33N3O4S. The standard InChI is InChI=1S/C22H33N3O4S/c1-15(2)23-20(26)10-16-12-25(13-17-4-3-9-30-17)18-14-29-19(22(16)18)11-21(27)24-5-7-28-8-6-24/h3-4,9,15-16,18-19,22H,5-8,10-14H2,1-2H3,(H,23,26)/t16-,18-,19+,22-/m1/s1. The van der Waals surface area contributed by atoms with E-state index in [2.05, 4.69) is 27.7 Å². The second-order valence-corrected chi connectivity index (χ2v) is 9.94. The molecule has 0 bridgehead atoms. The van der Waals surface area contributed by atoms with Gasteiger partial charge in [0.1, 0.15) is 0 Å². The zero-order valence-electron chi connectivity index (χ0n) is 17.9. The van der Waals surface area contributed by atoms with Gasteiger partial charge in [-0.15, -0.1) is 11.3 Å². The molecule has 0 unspecified atom stereocenters. The first-order valence-electron chi connectivity index (χ1n) is 11.0. The molecule has 1 N–H and O–H groups in total. The molecule has 0 radical (unpaired) electrons. The summed E-state index contributed by atoms with van der Waals surface area (Å²) in [5.74, 6) is 0.662. The number of amides is 2. The van der Waals surface area contributed by atoms with E-state index in [4.69, 9.17) is 9.47 Å². The number of nitrogens with zero attached hydrogens (tertiary/aromatic N) is 2. The molecule has 30 heavy (non-hydrogen) atoms. The van der Waals surface area contributed by atoms with Crippen LogP contribution in [0.2, 0.25) is 0 Å². The fourth-order valence-electron chi connectivity index (χ4n) is 5.13. The highest BCUT2D eigenvalue weighted by molar-refractivity contribution is 7.09. The lowest BCUT2D eigenvalue weighted by atomic mass is 9.84. The Morgan fingerprint density at radius 1 is 1.27 bits per heavy atom. The quantitative estimate of drug-likeness (QED) is 0.706. The second-order valence-electron chi connectivity index (χ2n) is 8.91. The lowest BCUT2D eigenvalue weighted by Crippen LogP contribution is -2.43. The van der Waals surface area contributed by atoms with E-state index in [0.29, 0.717) is 45.8 Å². The molecule has 4 rings (SSSR count). The highest BCUT2D eigenvalue weighted by Crippen LogP contribution is 2.42. The summed E-state index contributed by atoms with van der Waals surface area (Å²) >= 11 is 1.76. The minimum Gasteiger partial charge on any atom is -0.378 e. The van der Waals surface area contributed by atoms with Crippen LogP contribution >= 0.6 is 11.3 Å². The van der Waals surface area contributed by atoms with Gasteiger partial charge >= 0.3 is 0 Å². The van der Waals surface area contributed by atoms with Crippen LogP contribution in [0.3, 0.4) is 0 Å². The molecule has 3 aliphatic heterocycles. The van der Waals surface area contributed by atoms with Crippen LogP contribution in [-0.4, -0.2) is 79.3 Å². The zero-order chi connectivity index (χ0) is 21.1. The summed E-state index contributed by atoms with van der Waals surface area (Å²) in [6.45, 7) is 8.90. The van der Waals surface area contributed by atoms with Gasteiger partial charge in [-0.25, -0.2) is 0 Å². The SMILES string of the molecule is CC(C)NC(=O)C[C@@H]1CN(Cc2cccs2)[C@@H]2CO[C@@H](CC(=O)N3CCOCC3)[C@H]12. The minimum absolute atomic E-state index is 0.0943. The third-order valence-electron chi connectivity index (χ3n) is 6.41. The number of nitrogens with one attached hydrogen (secondary N) is 1. The minimum atomic E-state index is -0.115. The fourth-order valence-corrected chi connectivity index (χ4v) is 5.86. The zero-order valence-corrected chi connectivity index (χ0v) is 18.7. The van der Waals surface area contributed by atoms with Gasteiger partial charge < -0.3 is 19.7 Å². The van der Waals surface area contributed by atoms with Crippen molar-refractivity contribution < 1.29 is 19.1 Å². The first-order chi connectivity index (χ1) is 14.5. The van der Waals surface area contributed by atoms with Gasteiger partial charge in [0.05, 0.1) is 32.3 Å². The van der Waals surface area contributed by atoms with Crippen molar-refractivity contribution in [3.8, 4) is 0 Å². The molecule has 3 fully saturated rings. The Morgan fingerprint density at radius 3 is 2.77 bits per heavy atom. The van der Waals surface area contributed by atoms with Gasteiger partial charge in [-0.1, -0.05) is 6.07 Å². The van der Waals surface area contributed by atoms with Crippen LogP contribution in [0.5, 0.6) is 0 Å². The predicted octanol–water partition coefficient (Wildman–Crippen LogP) is 1.73. The van der Waals surface area contributed by atoms with Gasteiger partial charge in [0.2, 0.25) is 11.8 Å². The maximum atomic E-state index is 12.9. The van der Waals surface area contributed by atoms with Gasteiger partial charge in [0.25, 0.3) is 0 Å². The maximum Gasteiger partial charge on any atom is 0.225 e. The van der Waals surface area contributed by atoms with E-state index < -0.39 is 0 Å². The summed E-state index contributed by atoms with van der Waals surface area (Å²) in [6.07, 6.45) is 0.776. The van der Waals surface area contributed by atoms with Gasteiger partial charge in [-0.2, -0.15) is 0 Å². The summed E-state index contributed by atoms with van der Waals surface area (Å²) in [7, 11) is 0. The van der Waals surface area contributed by atoms with Gasteiger partial charge in [0, 0.05) is 55.5 Å². The molecule has 8 heteroatoms. The molecule has 3 aliphatic rings. The number of rotatable bonds is 7. The number of carbonyl (C=O) groups is 2. The lowest BCUT2D eigenvalue weighted by molar-refractivity contribution is -0.138. The third kappa shape index (κ3) is 5.04. The molecule has 0 saturated carbocycles. The van der Waals surface area contributed by atoms with E-state index in [-0.39, 0.29) is 41.8 Å². The Labute approximate surface area is 182 Å². The van der Waals surface area contributed by atoms with Crippen molar-refractivity contribution in [3.05, 3.63) is 22.4 Å². The molecular weight excluding hydrogens is 402 g/mol. The Balaban J connectivity index is 1.45. The predicted molar refractivity (Wildman–Crippen MR) is 115 cm³/mol.